The summed E-state index contributed by atoms with van der Waals surface area (Å²) in [6, 6.07) is -1.72. The highest BCUT2D eigenvalue weighted by atomic mass is 16.4. The van der Waals surface area contributed by atoms with E-state index >= 15 is 0 Å². The van der Waals surface area contributed by atoms with Crippen LogP contribution in [0.1, 0.15) is 46.0 Å². The van der Waals surface area contributed by atoms with Crippen LogP contribution in [0.4, 0.5) is 4.79 Å². The standard InChI is InChI=1S/C14H25N3O4/c1-9(2)7-11(16-14(15)21)13(20)17-6-4-3-5-10(17)8-12(18)19/h9-11H,3-8H2,1-2H3,(H,18,19)(H3,15,16,21). The molecule has 4 N–H and O–H groups in total. The maximum atomic E-state index is 12.6. The Morgan fingerprint density at radius 1 is 1.33 bits per heavy atom. The fraction of sp³-hybridized carbons (Fsp3) is 0.786. The van der Waals surface area contributed by atoms with Gasteiger partial charge in [-0.25, -0.2) is 4.79 Å². The van der Waals surface area contributed by atoms with Crippen molar-refractivity contribution in [3.8, 4) is 0 Å². The van der Waals surface area contributed by atoms with Crippen molar-refractivity contribution < 1.29 is 19.5 Å². The van der Waals surface area contributed by atoms with Crippen LogP contribution in [-0.4, -0.2) is 46.5 Å². The Labute approximate surface area is 124 Å². The van der Waals surface area contributed by atoms with E-state index in [1.807, 2.05) is 13.8 Å². The monoisotopic (exact) mass is 299 g/mol. The number of urea groups is 1. The van der Waals surface area contributed by atoms with Crippen molar-refractivity contribution in [2.75, 3.05) is 6.54 Å². The Morgan fingerprint density at radius 3 is 2.52 bits per heavy atom. The molecule has 0 radical (unpaired) electrons. The van der Waals surface area contributed by atoms with Crippen LogP contribution in [0.3, 0.4) is 0 Å². The fourth-order valence-electron chi connectivity index (χ4n) is 2.77. The van der Waals surface area contributed by atoms with Gasteiger partial charge in [-0.1, -0.05) is 13.8 Å². The molecule has 0 bridgehead atoms. The summed E-state index contributed by atoms with van der Waals surface area (Å²) < 4.78 is 0. The van der Waals surface area contributed by atoms with E-state index in [9.17, 15) is 14.4 Å². The van der Waals surface area contributed by atoms with Crippen molar-refractivity contribution in [2.24, 2.45) is 11.7 Å². The summed E-state index contributed by atoms with van der Waals surface area (Å²) in [7, 11) is 0. The third kappa shape index (κ3) is 5.61. The van der Waals surface area contributed by atoms with Crippen molar-refractivity contribution in [3.63, 3.8) is 0 Å². The highest BCUT2D eigenvalue weighted by Gasteiger charge is 2.33. The van der Waals surface area contributed by atoms with E-state index in [1.54, 1.807) is 4.90 Å². The van der Waals surface area contributed by atoms with E-state index in [0.717, 1.165) is 12.8 Å². The summed E-state index contributed by atoms with van der Waals surface area (Å²) in [5.74, 6) is -0.926. The van der Waals surface area contributed by atoms with Gasteiger partial charge in [-0.15, -0.1) is 0 Å². The van der Waals surface area contributed by atoms with E-state index in [4.69, 9.17) is 10.8 Å². The zero-order chi connectivity index (χ0) is 16.0. The first-order chi connectivity index (χ1) is 9.81. The van der Waals surface area contributed by atoms with Gasteiger partial charge in [-0.2, -0.15) is 0 Å². The Balaban J connectivity index is 2.82. The van der Waals surface area contributed by atoms with Gasteiger partial charge >= 0.3 is 12.0 Å². The number of nitrogens with one attached hydrogen (secondary N) is 1. The smallest absolute Gasteiger partial charge is 0.312 e. The summed E-state index contributed by atoms with van der Waals surface area (Å²) in [6.07, 6.45) is 2.88. The topological polar surface area (TPSA) is 113 Å². The average molecular weight is 299 g/mol. The second-order valence-electron chi connectivity index (χ2n) is 5.97. The minimum atomic E-state index is -0.914. The van der Waals surface area contributed by atoms with Crippen molar-refractivity contribution in [1.82, 2.24) is 10.2 Å². The predicted molar refractivity (Wildman–Crippen MR) is 77.6 cm³/mol. The molecule has 1 heterocycles. The van der Waals surface area contributed by atoms with E-state index in [0.29, 0.717) is 19.4 Å². The number of nitrogens with zero attached hydrogens (tertiary/aromatic N) is 1. The first-order valence-corrected chi connectivity index (χ1v) is 7.39. The first-order valence-electron chi connectivity index (χ1n) is 7.39. The Hall–Kier alpha value is -1.79. The van der Waals surface area contributed by atoms with E-state index < -0.39 is 18.0 Å². The molecule has 0 spiro atoms. The second kappa shape index (κ2) is 7.85. The van der Waals surface area contributed by atoms with Gasteiger partial charge in [0.2, 0.25) is 5.91 Å². The van der Waals surface area contributed by atoms with E-state index in [-0.39, 0.29) is 24.3 Å². The molecule has 7 nitrogen and oxygen atoms in total. The van der Waals surface area contributed by atoms with Crippen molar-refractivity contribution >= 4 is 17.9 Å². The molecule has 21 heavy (non-hydrogen) atoms. The Kier molecular flexibility index (Phi) is 6.45. The molecule has 1 aliphatic rings. The number of aliphatic carboxylic acids is 1. The highest BCUT2D eigenvalue weighted by molar-refractivity contribution is 5.87. The van der Waals surface area contributed by atoms with E-state index in [1.165, 1.54) is 0 Å². The molecule has 1 saturated heterocycles. The average Bonchev–Trinajstić information content (AvgIpc) is 2.36. The Bertz CT molecular complexity index is 398. The third-order valence-electron chi connectivity index (χ3n) is 3.64. The second-order valence-corrected chi connectivity index (χ2v) is 5.97. The zero-order valence-corrected chi connectivity index (χ0v) is 12.7. The molecule has 0 aromatic carbocycles. The number of carbonyl (C=O) groups is 3. The van der Waals surface area contributed by atoms with Crippen molar-refractivity contribution in [2.45, 2.75) is 58.0 Å². The quantitative estimate of drug-likeness (QED) is 0.677. The van der Waals surface area contributed by atoms with Crippen molar-refractivity contribution in [3.05, 3.63) is 0 Å². The summed E-state index contributed by atoms with van der Waals surface area (Å²) in [6.45, 7) is 4.44. The normalized spacial score (nSPS) is 20.1. The number of carboxylic acids is 1. The number of primary amides is 1. The number of amides is 3. The molecule has 2 unspecified atom stereocenters. The van der Waals surface area contributed by atoms with Crippen LogP contribution in [-0.2, 0) is 9.59 Å². The molecule has 0 aromatic rings. The van der Waals surface area contributed by atoms with E-state index in [2.05, 4.69) is 5.32 Å². The molecule has 0 aliphatic carbocycles. The largest absolute Gasteiger partial charge is 0.481 e. The molecule has 0 aromatic heterocycles. The lowest BCUT2D eigenvalue weighted by atomic mass is 9.96. The summed E-state index contributed by atoms with van der Waals surface area (Å²) in [4.78, 5) is 36.2. The van der Waals surface area contributed by atoms with Crippen molar-refractivity contribution in [1.29, 1.82) is 0 Å². The molecule has 1 aliphatic heterocycles. The minimum Gasteiger partial charge on any atom is -0.481 e. The SMILES string of the molecule is CC(C)CC(NC(N)=O)C(=O)N1CCCCC1CC(=O)O. The van der Waals surface area contributed by atoms with Gasteiger partial charge in [0, 0.05) is 12.6 Å². The highest BCUT2D eigenvalue weighted by Crippen LogP contribution is 2.22. The fourth-order valence-corrected chi connectivity index (χ4v) is 2.77. The lowest BCUT2D eigenvalue weighted by Gasteiger charge is -2.37. The van der Waals surface area contributed by atoms with Gasteiger partial charge in [-0.05, 0) is 31.6 Å². The maximum Gasteiger partial charge on any atom is 0.312 e. The van der Waals surface area contributed by atoms with Crippen LogP contribution >= 0.6 is 0 Å². The number of piperidine rings is 1. The number of carbonyl (C=O) groups excluding carboxylic acids is 2. The van der Waals surface area contributed by atoms with Gasteiger partial charge in [0.15, 0.2) is 0 Å². The Morgan fingerprint density at radius 2 is 2.00 bits per heavy atom. The minimum absolute atomic E-state index is 0.0588. The summed E-state index contributed by atoms with van der Waals surface area (Å²) >= 11 is 0. The third-order valence-corrected chi connectivity index (χ3v) is 3.64. The number of hydrogen-bond donors (Lipinski definition) is 3. The maximum absolute atomic E-state index is 12.6. The zero-order valence-electron chi connectivity index (χ0n) is 12.7. The predicted octanol–water partition coefficient (Wildman–Crippen LogP) is 0.925. The molecule has 0 saturated carbocycles. The van der Waals surface area contributed by atoms with Crippen LogP contribution in [0.2, 0.25) is 0 Å². The lowest BCUT2D eigenvalue weighted by molar-refractivity contribution is -0.143. The molecule has 120 valence electrons. The van der Waals surface area contributed by atoms with Gasteiger partial charge < -0.3 is 21.1 Å². The lowest BCUT2D eigenvalue weighted by Crippen LogP contribution is -2.55. The summed E-state index contributed by atoms with van der Waals surface area (Å²) in [5, 5.41) is 11.4. The molecule has 7 heteroatoms. The van der Waals surface area contributed by atoms with Gasteiger partial charge in [-0.3, -0.25) is 9.59 Å². The number of nitrogens with two attached hydrogens (primary N) is 1. The van der Waals surface area contributed by atoms with Crippen LogP contribution in [0.5, 0.6) is 0 Å². The van der Waals surface area contributed by atoms with Gasteiger partial charge in [0.1, 0.15) is 6.04 Å². The molecule has 1 fully saturated rings. The number of likely N-dealkylation sites (tertiary alicyclic amines) is 1. The van der Waals surface area contributed by atoms with Crippen LogP contribution < -0.4 is 11.1 Å². The van der Waals surface area contributed by atoms with Crippen LogP contribution in [0.25, 0.3) is 0 Å². The molecular weight excluding hydrogens is 274 g/mol. The summed E-state index contributed by atoms with van der Waals surface area (Å²) in [5.41, 5.74) is 5.14. The molecule has 2 atom stereocenters. The van der Waals surface area contributed by atoms with Crippen LogP contribution in [0, 0.1) is 5.92 Å². The molecule has 3 amide bonds. The molecular formula is C14H25N3O4. The van der Waals surface area contributed by atoms with Gasteiger partial charge in [0.25, 0.3) is 0 Å². The van der Waals surface area contributed by atoms with Crippen LogP contribution in [0.15, 0.2) is 0 Å². The first kappa shape index (κ1) is 17.3. The number of hydrogen-bond acceptors (Lipinski definition) is 3. The van der Waals surface area contributed by atoms with Gasteiger partial charge in [0.05, 0.1) is 6.42 Å². The molecule has 1 rings (SSSR count). The number of rotatable bonds is 6. The number of carboxylic acid groups (broad SMARTS) is 1.